The summed E-state index contributed by atoms with van der Waals surface area (Å²) in [6, 6.07) is 3.85. The maximum absolute atomic E-state index is 13.2. The van der Waals surface area contributed by atoms with E-state index in [1.807, 2.05) is 60.6 Å². The summed E-state index contributed by atoms with van der Waals surface area (Å²) < 4.78 is 7.78. The van der Waals surface area contributed by atoms with E-state index < -0.39 is 11.0 Å². The van der Waals surface area contributed by atoms with Crippen LogP contribution in [0.2, 0.25) is 4.34 Å². The van der Waals surface area contributed by atoms with Gasteiger partial charge in [0.25, 0.3) is 5.91 Å². The molecule has 0 radical (unpaired) electrons. The van der Waals surface area contributed by atoms with Gasteiger partial charge >= 0.3 is 6.09 Å². The molecule has 182 valence electrons. The number of aromatic nitrogens is 2. The van der Waals surface area contributed by atoms with Crippen molar-refractivity contribution in [3.63, 3.8) is 0 Å². The van der Waals surface area contributed by atoms with E-state index in [9.17, 15) is 9.59 Å². The van der Waals surface area contributed by atoms with Crippen LogP contribution in [-0.2, 0) is 11.3 Å². The number of halogens is 1. The highest BCUT2D eigenvalue weighted by atomic mass is 35.5. The third-order valence-corrected chi connectivity index (χ3v) is 6.82. The molecule has 1 saturated heterocycles. The quantitative estimate of drug-likeness (QED) is 0.538. The number of anilines is 1. The molecule has 7 nitrogen and oxygen atoms in total. The fraction of sp³-hybridized carbons (Fsp3) is 0.625. The van der Waals surface area contributed by atoms with Crippen LogP contribution < -0.4 is 5.32 Å². The number of amides is 1. The standard InChI is InChI=1S/C24H35ClN4O3S/c1-15-19(16-10-12-28(13-11-16)22(31)32-24(5,6)7)27-29(21(30)23(2,3)4)20(15)26-14-17-8-9-18(25)33-17/h8-9,16,26H,10-14H2,1-7H3. The Morgan fingerprint density at radius 3 is 2.33 bits per heavy atom. The van der Waals surface area contributed by atoms with Gasteiger partial charge in [0.1, 0.15) is 11.4 Å². The van der Waals surface area contributed by atoms with Crippen LogP contribution in [0.4, 0.5) is 10.6 Å². The number of thiophene rings is 1. The van der Waals surface area contributed by atoms with Gasteiger partial charge in [0, 0.05) is 34.9 Å². The van der Waals surface area contributed by atoms with E-state index in [0.29, 0.717) is 19.6 Å². The Hall–Kier alpha value is -2.06. The Morgan fingerprint density at radius 2 is 1.82 bits per heavy atom. The van der Waals surface area contributed by atoms with Crippen molar-refractivity contribution >= 4 is 40.8 Å². The highest BCUT2D eigenvalue weighted by Gasteiger charge is 2.33. The molecule has 9 heteroatoms. The van der Waals surface area contributed by atoms with Crippen LogP contribution in [0.3, 0.4) is 0 Å². The minimum Gasteiger partial charge on any atom is -0.444 e. The Morgan fingerprint density at radius 1 is 1.18 bits per heavy atom. The van der Waals surface area contributed by atoms with Crippen molar-refractivity contribution in [3.05, 3.63) is 32.6 Å². The number of ether oxygens (including phenoxy) is 1. The van der Waals surface area contributed by atoms with Gasteiger partial charge in [-0.2, -0.15) is 9.78 Å². The molecule has 3 rings (SSSR count). The molecule has 1 aliphatic heterocycles. The van der Waals surface area contributed by atoms with Gasteiger partial charge in [-0.1, -0.05) is 32.4 Å². The molecule has 0 atom stereocenters. The van der Waals surface area contributed by atoms with Crippen molar-refractivity contribution in [2.75, 3.05) is 18.4 Å². The minimum absolute atomic E-state index is 0.0604. The van der Waals surface area contributed by atoms with Gasteiger partial charge in [0.05, 0.1) is 16.6 Å². The summed E-state index contributed by atoms with van der Waals surface area (Å²) in [5.41, 5.74) is 0.816. The fourth-order valence-corrected chi connectivity index (χ4v) is 4.88. The Bertz CT molecular complexity index is 1010. The molecule has 0 saturated carbocycles. The second-order valence-electron chi connectivity index (χ2n) is 10.6. The number of rotatable bonds is 4. The van der Waals surface area contributed by atoms with Crippen molar-refractivity contribution in [1.29, 1.82) is 0 Å². The van der Waals surface area contributed by atoms with E-state index in [0.717, 1.165) is 39.1 Å². The Balaban J connectivity index is 1.80. The average molecular weight is 495 g/mol. The Labute approximate surface area is 205 Å². The molecule has 0 aromatic carbocycles. The summed E-state index contributed by atoms with van der Waals surface area (Å²) >= 11 is 7.59. The van der Waals surface area contributed by atoms with Crippen molar-refractivity contribution in [2.45, 2.75) is 79.4 Å². The van der Waals surface area contributed by atoms with Crippen molar-refractivity contribution in [2.24, 2.45) is 5.41 Å². The highest BCUT2D eigenvalue weighted by molar-refractivity contribution is 7.16. The number of nitrogens with one attached hydrogen (secondary N) is 1. The largest absolute Gasteiger partial charge is 0.444 e. The molecule has 0 aliphatic carbocycles. The third-order valence-electron chi connectivity index (χ3n) is 5.59. The first-order chi connectivity index (χ1) is 15.3. The second-order valence-corrected chi connectivity index (χ2v) is 12.4. The van der Waals surface area contributed by atoms with Gasteiger partial charge in [-0.25, -0.2) is 4.79 Å². The van der Waals surface area contributed by atoms with Crippen molar-refractivity contribution in [1.82, 2.24) is 14.7 Å². The highest BCUT2D eigenvalue weighted by Crippen LogP contribution is 2.35. The van der Waals surface area contributed by atoms with Crippen LogP contribution >= 0.6 is 22.9 Å². The van der Waals surface area contributed by atoms with Crippen LogP contribution in [-0.4, -0.2) is 45.4 Å². The molecule has 0 bridgehead atoms. The number of nitrogens with zero attached hydrogens (tertiary/aromatic N) is 3. The fourth-order valence-electron chi connectivity index (χ4n) is 3.85. The van der Waals surface area contributed by atoms with E-state index in [1.165, 1.54) is 16.0 Å². The predicted octanol–water partition coefficient (Wildman–Crippen LogP) is 6.32. The number of carbonyl (C=O) groups is 2. The molecule has 33 heavy (non-hydrogen) atoms. The lowest BCUT2D eigenvalue weighted by atomic mass is 9.91. The monoisotopic (exact) mass is 494 g/mol. The lowest BCUT2D eigenvalue weighted by Crippen LogP contribution is -2.41. The molecule has 1 amide bonds. The summed E-state index contributed by atoms with van der Waals surface area (Å²) in [6.07, 6.45) is 1.28. The van der Waals surface area contributed by atoms with E-state index in [-0.39, 0.29) is 17.9 Å². The maximum Gasteiger partial charge on any atom is 0.410 e. The van der Waals surface area contributed by atoms with Crippen LogP contribution in [0.15, 0.2) is 12.1 Å². The third kappa shape index (κ3) is 6.29. The summed E-state index contributed by atoms with van der Waals surface area (Å²) in [5, 5.41) is 8.22. The number of likely N-dealkylation sites (tertiary alicyclic amines) is 1. The van der Waals surface area contributed by atoms with Gasteiger partial charge in [-0.3, -0.25) is 4.79 Å². The van der Waals surface area contributed by atoms with Crippen LogP contribution in [0.1, 0.15) is 81.2 Å². The van der Waals surface area contributed by atoms with Crippen LogP contribution in [0.5, 0.6) is 0 Å². The number of hydrogen-bond acceptors (Lipinski definition) is 6. The molecule has 2 aromatic heterocycles. The molecule has 1 N–H and O–H groups in total. The average Bonchev–Trinajstić information content (AvgIpc) is 3.26. The second kappa shape index (κ2) is 9.66. The lowest BCUT2D eigenvalue weighted by molar-refractivity contribution is 0.0204. The van der Waals surface area contributed by atoms with Gasteiger partial charge < -0.3 is 15.0 Å². The molecule has 0 unspecified atom stereocenters. The predicted molar refractivity (Wildman–Crippen MR) is 133 cm³/mol. The molecule has 2 aromatic rings. The zero-order valence-electron chi connectivity index (χ0n) is 20.6. The van der Waals surface area contributed by atoms with Gasteiger partial charge in [-0.15, -0.1) is 11.3 Å². The SMILES string of the molecule is Cc1c(C2CCN(C(=O)OC(C)(C)C)CC2)nn(C(=O)C(C)(C)C)c1NCc1ccc(Cl)s1. The molecule has 0 spiro atoms. The lowest BCUT2D eigenvalue weighted by Gasteiger charge is -2.33. The van der Waals surface area contributed by atoms with E-state index in [2.05, 4.69) is 5.32 Å². The smallest absolute Gasteiger partial charge is 0.410 e. The van der Waals surface area contributed by atoms with Gasteiger partial charge in [0.15, 0.2) is 0 Å². The van der Waals surface area contributed by atoms with Gasteiger partial charge in [0.2, 0.25) is 0 Å². The zero-order valence-corrected chi connectivity index (χ0v) is 22.2. The first-order valence-corrected chi connectivity index (χ1v) is 12.6. The van der Waals surface area contributed by atoms with Crippen LogP contribution in [0.25, 0.3) is 0 Å². The van der Waals surface area contributed by atoms with E-state index in [1.54, 1.807) is 4.90 Å². The number of piperidine rings is 1. The molecular weight excluding hydrogens is 460 g/mol. The normalized spacial score (nSPS) is 15.6. The van der Waals surface area contributed by atoms with E-state index >= 15 is 0 Å². The number of hydrogen-bond donors (Lipinski definition) is 1. The summed E-state index contributed by atoms with van der Waals surface area (Å²) in [4.78, 5) is 28.5. The first-order valence-electron chi connectivity index (χ1n) is 11.4. The summed E-state index contributed by atoms with van der Waals surface area (Å²) in [5.74, 6) is 0.841. The summed E-state index contributed by atoms with van der Waals surface area (Å²) in [6.45, 7) is 15.1. The molecule has 1 aliphatic rings. The van der Waals surface area contributed by atoms with Gasteiger partial charge in [-0.05, 0) is 52.7 Å². The summed E-state index contributed by atoms with van der Waals surface area (Å²) in [7, 11) is 0. The molecular formula is C24H35ClN4O3S. The maximum atomic E-state index is 13.2. The van der Waals surface area contributed by atoms with Crippen molar-refractivity contribution in [3.8, 4) is 0 Å². The molecule has 3 heterocycles. The number of carbonyl (C=O) groups excluding carboxylic acids is 2. The topological polar surface area (TPSA) is 76.5 Å². The Kier molecular flexibility index (Phi) is 7.49. The first kappa shape index (κ1) is 25.6. The minimum atomic E-state index is -0.571. The molecule has 1 fully saturated rings. The zero-order chi connectivity index (χ0) is 24.6. The van der Waals surface area contributed by atoms with E-state index in [4.69, 9.17) is 21.4 Å². The van der Waals surface area contributed by atoms with Crippen LogP contribution in [0, 0.1) is 12.3 Å². The van der Waals surface area contributed by atoms with Crippen molar-refractivity contribution < 1.29 is 14.3 Å².